The van der Waals surface area contributed by atoms with Gasteiger partial charge in [-0.1, -0.05) is 6.07 Å². The van der Waals surface area contributed by atoms with Gasteiger partial charge in [-0.15, -0.1) is 0 Å². The lowest BCUT2D eigenvalue weighted by molar-refractivity contribution is 0.416. The van der Waals surface area contributed by atoms with Crippen molar-refractivity contribution in [2.24, 2.45) is 0 Å². The van der Waals surface area contributed by atoms with Crippen LogP contribution in [0.4, 0.5) is 5.69 Å². The van der Waals surface area contributed by atoms with Crippen LogP contribution in [0.1, 0.15) is 12.0 Å². The first kappa shape index (κ1) is 10.3. The van der Waals surface area contributed by atoms with E-state index in [0.29, 0.717) is 6.04 Å². The molecule has 2 N–H and O–H groups in total. The predicted octanol–water partition coefficient (Wildman–Crippen LogP) is 1.78. The van der Waals surface area contributed by atoms with Crippen LogP contribution in [0, 0.1) is 6.92 Å². The van der Waals surface area contributed by atoms with Gasteiger partial charge in [0.2, 0.25) is 0 Å². The topological polar surface area (TPSA) is 33.3 Å². The number of ether oxygens (including phenoxy) is 1. The van der Waals surface area contributed by atoms with Crippen LogP contribution in [-0.4, -0.2) is 26.2 Å². The fraction of sp³-hybridized carbons (Fsp3) is 0.500. The summed E-state index contributed by atoms with van der Waals surface area (Å²) in [5.74, 6) is 0.924. The highest BCUT2D eigenvalue weighted by Gasteiger charge is 2.15. The summed E-state index contributed by atoms with van der Waals surface area (Å²) in [6.45, 7) is 4.24. The van der Waals surface area contributed by atoms with Crippen molar-refractivity contribution in [3.05, 3.63) is 23.8 Å². The molecule has 1 fully saturated rings. The maximum atomic E-state index is 5.33. The van der Waals surface area contributed by atoms with E-state index in [-0.39, 0.29) is 0 Å². The molecular weight excluding hydrogens is 188 g/mol. The second kappa shape index (κ2) is 4.53. The van der Waals surface area contributed by atoms with Crippen LogP contribution in [0.25, 0.3) is 0 Å². The molecule has 0 aliphatic carbocycles. The highest BCUT2D eigenvalue weighted by Crippen LogP contribution is 2.26. The number of anilines is 1. The Hall–Kier alpha value is -1.22. The Labute approximate surface area is 90.8 Å². The monoisotopic (exact) mass is 206 g/mol. The van der Waals surface area contributed by atoms with Gasteiger partial charge in [-0.25, -0.2) is 0 Å². The smallest absolute Gasteiger partial charge is 0.141 e. The van der Waals surface area contributed by atoms with Gasteiger partial charge in [0, 0.05) is 12.6 Å². The van der Waals surface area contributed by atoms with Gasteiger partial charge in [-0.05, 0) is 37.6 Å². The third kappa shape index (κ3) is 2.42. The van der Waals surface area contributed by atoms with Crippen LogP contribution < -0.4 is 15.4 Å². The molecular formula is C12H18N2O. The van der Waals surface area contributed by atoms with Gasteiger partial charge >= 0.3 is 0 Å². The summed E-state index contributed by atoms with van der Waals surface area (Å²) in [5, 5.41) is 6.86. The number of hydrogen-bond acceptors (Lipinski definition) is 3. The van der Waals surface area contributed by atoms with Crippen molar-refractivity contribution in [3.63, 3.8) is 0 Å². The quantitative estimate of drug-likeness (QED) is 0.791. The maximum absolute atomic E-state index is 5.33. The van der Waals surface area contributed by atoms with Crippen molar-refractivity contribution in [1.82, 2.24) is 5.32 Å². The molecule has 1 heterocycles. The van der Waals surface area contributed by atoms with Crippen molar-refractivity contribution in [3.8, 4) is 5.75 Å². The molecule has 1 saturated heterocycles. The average Bonchev–Trinajstić information content (AvgIpc) is 2.71. The van der Waals surface area contributed by atoms with Gasteiger partial charge in [0.05, 0.1) is 12.8 Å². The summed E-state index contributed by atoms with van der Waals surface area (Å²) in [6.07, 6.45) is 1.18. The fourth-order valence-electron chi connectivity index (χ4n) is 1.93. The summed E-state index contributed by atoms with van der Waals surface area (Å²) in [5.41, 5.74) is 2.36. The summed E-state index contributed by atoms with van der Waals surface area (Å²) < 4.78 is 5.33. The van der Waals surface area contributed by atoms with Gasteiger partial charge in [0.25, 0.3) is 0 Å². The van der Waals surface area contributed by atoms with Crippen LogP contribution in [-0.2, 0) is 0 Å². The Morgan fingerprint density at radius 3 is 3.00 bits per heavy atom. The lowest BCUT2D eigenvalue weighted by Crippen LogP contribution is -2.22. The molecule has 1 atom stereocenters. The number of nitrogens with one attached hydrogen (secondary N) is 2. The highest BCUT2D eigenvalue weighted by atomic mass is 16.5. The van der Waals surface area contributed by atoms with E-state index in [1.165, 1.54) is 12.0 Å². The molecule has 3 nitrogen and oxygen atoms in total. The molecule has 1 aromatic rings. The average molecular weight is 206 g/mol. The maximum Gasteiger partial charge on any atom is 0.141 e. The van der Waals surface area contributed by atoms with E-state index in [9.17, 15) is 0 Å². The van der Waals surface area contributed by atoms with E-state index in [2.05, 4.69) is 29.7 Å². The molecule has 2 rings (SSSR count). The SMILES string of the molecule is COc1ccc(C)cc1NC1CCNC1. The Morgan fingerprint density at radius 2 is 2.33 bits per heavy atom. The molecule has 0 radical (unpaired) electrons. The Bertz CT molecular complexity index is 332. The number of aryl methyl sites for hydroxylation is 1. The molecule has 1 aliphatic heterocycles. The zero-order chi connectivity index (χ0) is 10.7. The van der Waals surface area contributed by atoms with Crippen LogP contribution in [0.5, 0.6) is 5.75 Å². The Kier molecular flexibility index (Phi) is 3.11. The lowest BCUT2D eigenvalue weighted by Gasteiger charge is -2.16. The normalized spacial score (nSPS) is 20.3. The lowest BCUT2D eigenvalue weighted by atomic mass is 10.2. The number of hydrogen-bond donors (Lipinski definition) is 2. The first-order valence-electron chi connectivity index (χ1n) is 5.41. The van der Waals surface area contributed by atoms with E-state index in [1.807, 2.05) is 6.07 Å². The van der Waals surface area contributed by atoms with Crippen LogP contribution in [0.15, 0.2) is 18.2 Å². The molecule has 0 aromatic heterocycles. The van der Waals surface area contributed by atoms with Crippen molar-refractivity contribution >= 4 is 5.69 Å². The molecule has 0 bridgehead atoms. The van der Waals surface area contributed by atoms with Gasteiger partial charge in [0.1, 0.15) is 5.75 Å². The van der Waals surface area contributed by atoms with Crippen molar-refractivity contribution in [2.75, 3.05) is 25.5 Å². The fourth-order valence-corrected chi connectivity index (χ4v) is 1.93. The Balaban J connectivity index is 2.14. The van der Waals surface area contributed by atoms with Gasteiger partial charge < -0.3 is 15.4 Å². The molecule has 82 valence electrons. The molecule has 1 aliphatic rings. The van der Waals surface area contributed by atoms with Crippen LogP contribution in [0.3, 0.4) is 0 Å². The van der Waals surface area contributed by atoms with Gasteiger partial charge in [0.15, 0.2) is 0 Å². The second-order valence-corrected chi connectivity index (χ2v) is 4.04. The van der Waals surface area contributed by atoms with E-state index < -0.39 is 0 Å². The number of rotatable bonds is 3. The minimum absolute atomic E-state index is 0.528. The zero-order valence-electron chi connectivity index (χ0n) is 9.34. The largest absolute Gasteiger partial charge is 0.495 e. The molecule has 1 unspecified atom stereocenters. The van der Waals surface area contributed by atoms with Gasteiger partial charge in [-0.2, -0.15) is 0 Å². The van der Waals surface area contributed by atoms with Crippen LogP contribution in [0.2, 0.25) is 0 Å². The summed E-state index contributed by atoms with van der Waals surface area (Å²) >= 11 is 0. The summed E-state index contributed by atoms with van der Waals surface area (Å²) in [6, 6.07) is 6.74. The zero-order valence-corrected chi connectivity index (χ0v) is 9.34. The summed E-state index contributed by atoms with van der Waals surface area (Å²) in [4.78, 5) is 0. The van der Waals surface area contributed by atoms with Crippen molar-refractivity contribution < 1.29 is 4.74 Å². The minimum atomic E-state index is 0.528. The first-order chi connectivity index (χ1) is 7.29. The molecule has 0 amide bonds. The van der Waals surface area contributed by atoms with E-state index >= 15 is 0 Å². The molecule has 3 heteroatoms. The van der Waals surface area contributed by atoms with Crippen LogP contribution >= 0.6 is 0 Å². The first-order valence-corrected chi connectivity index (χ1v) is 5.41. The predicted molar refractivity (Wildman–Crippen MR) is 62.6 cm³/mol. The van der Waals surface area contributed by atoms with E-state index in [1.54, 1.807) is 7.11 Å². The third-order valence-corrected chi connectivity index (χ3v) is 2.77. The Morgan fingerprint density at radius 1 is 1.47 bits per heavy atom. The minimum Gasteiger partial charge on any atom is -0.495 e. The molecule has 0 saturated carbocycles. The third-order valence-electron chi connectivity index (χ3n) is 2.77. The highest BCUT2D eigenvalue weighted by molar-refractivity contribution is 5.58. The number of methoxy groups -OCH3 is 1. The molecule has 0 spiro atoms. The molecule has 1 aromatic carbocycles. The van der Waals surface area contributed by atoms with Crippen molar-refractivity contribution in [2.45, 2.75) is 19.4 Å². The number of benzene rings is 1. The second-order valence-electron chi connectivity index (χ2n) is 4.04. The van der Waals surface area contributed by atoms with Crippen molar-refractivity contribution in [1.29, 1.82) is 0 Å². The van der Waals surface area contributed by atoms with E-state index in [0.717, 1.165) is 24.5 Å². The summed E-state index contributed by atoms with van der Waals surface area (Å²) in [7, 11) is 1.71. The van der Waals surface area contributed by atoms with E-state index in [4.69, 9.17) is 4.74 Å². The molecule has 15 heavy (non-hydrogen) atoms. The standard InChI is InChI=1S/C12H18N2O/c1-9-3-4-12(15-2)11(7-9)14-10-5-6-13-8-10/h3-4,7,10,13-14H,5-6,8H2,1-2H3. The van der Waals surface area contributed by atoms with Gasteiger partial charge in [-0.3, -0.25) is 0 Å².